The van der Waals surface area contributed by atoms with Crippen molar-refractivity contribution in [3.8, 4) is 27.9 Å². The first-order valence-corrected chi connectivity index (χ1v) is 18.2. The topological polar surface area (TPSA) is 8.17 Å². The molecule has 51 heavy (non-hydrogen) atoms. The number of fused-ring (bicyclic) bond motifs is 6. The highest BCUT2D eigenvalue weighted by molar-refractivity contribution is 7.26. The van der Waals surface area contributed by atoms with Gasteiger partial charge in [-0.3, -0.25) is 0 Å². The number of thiophene rings is 1. The summed E-state index contributed by atoms with van der Waals surface area (Å²) in [5, 5.41) is 5.06. The van der Waals surface area contributed by atoms with E-state index < -0.39 is 0 Å². The van der Waals surface area contributed by atoms with Crippen molar-refractivity contribution in [1.82, 2.24) is 4.57 Å². The molecule has 0 aliphatic carbocycles. The Morgan fingerprint density at radius 2 is 1.02 bits per heavy atom. The first-order chi connectivity index (χ1) is 25.3. The number of benzene rings is 8. The molecule has 240 valence electrons. The summed E-state index contributed by atoms with van der Waals surface area (Å²) >= 11 is 1.88. The lowest BCUT2D eigenvalue weighted by atomic mass is 9.97. The molecule has 10 rings (SSSR count). The lowest BCUT2D eigenvalue weighted by Crippen LogP contribution is -2.10. The predicted octanol–water partition coefficient (Wildman–Crippen LogP) is 14.0. The number of anilines is 3. The number of nitrogens with zero attached hydrogens (tertiary/aromatic N) is 2. The molecule has 2 aromatic heterocycles. The summed E-state index contributed by atoms with van der Waals surface area (Å²) in [6.45, 7) is 0. The van der Waals surface area contributed by atoms with E-state index in [4.69, 9.17) is 0 Å². The summed E-state index contributed by atoms with van der Waals surface area (Å²) in [5.74, 6) is 0. The molecular weight excluding hydrogens is 637 g/mol. The van der Waals surface area contributed by atoms with Crippen LogP contribution in [0, 0.1) is 0 Å². The van der Waals surface area contributed by atoms with E-state index in [2.05, 4.69) is 204 Å². The van der Waals surface area contributed by atoms with Crippen molar-refractivity contribution in [3.63, 3.8) is 0 Å². The Balaban J connectivity index is 1.30. The molecule has 0 amide bonds. The molecule has 0 aliphatic rings. The second kappa shape index (κ2) is 12.2. The summed E-state index contributed by atoms with van der Waals surface area (Å²) in [7, 11) is 0. The zero-order valence-electron chi connectivity index (χ0n) is 27.8. The molecule has 0 spiro atoms. The molecule has 2 heterocycles. The first kappa shape index (κ1) is 29.5. The van der Waals surface area contributed by atoms with E-state index in [1.807, 2.05) is 11.3 Å². The summed E-state index contributed by atoms with van der Waals surface area (Å²) in [5.41, 5.74) is 11.8. The van der Waals surface area contributed by atoms with Gasteiger partial charge in [-0.2, -0.15) is 0 Å². The van der Waals surface area contributed by atoms with Crippen LogP contribution in [-0.2, 0) is 0 Å². The quantitative estimate of drug-likeness (QED) is 0.171. The van der Waals surface area contributed by atoms with Gasteiger partial charge < -0.3 is 9.47 Å². The fourth-order valence-corrected chi connectivity index (χ4v) is 8.96. The molecule has 0 N–H and O–H groups in total. The molecule has 0 aliphatic heterocycles. The van der Waals surface area contributed by atoms with Crippen LogP contribution in [0.2, 0.25) is 0 Å². The normalized spacial score (nSPS) is 11.5. The van der Waals surface area contributed by atoms with E-state index in [0.29, 0.717) is 0 Å². The Morgan fingerprint density at radius 3 is 1.80 bits per heavy atom. The van der Waals surface area contributed by atoms with Gasteiger partial charge in [-0.05, 0) is 65.7 Å². The van der Waals surface area contributed by atoms with Gasteiger partial charge in [0.15, 0.2) is 0 Å². The second-order valence-corrected chi connectivity index (χ2v) is 14.0. The van der Waals surface area contributed by atoms with Crippen LogP contribution < -0.4 is 4.90 Å². The molecule has 0 radical (unpaired) electrons. The lowest BCUT2D eigenvalue weighted by molar-refractivity contribution is 1.18. The third kappa shape index (κ3) is 4.85. The van der Waals surface area contributed by atoms with Crippen LogP contribution in [0.3, 0.4) is 0 Å². The van der Waals surface area contributed by atoms with Crippen LogP contribution in [0.15, 0.2) is 194 Å². The smallest absolute Gasteiger partial charge is 0.0641 e. The average Bonchev–Trinajstić information content (AvgIpc) is 3.76. The highest BCUT2D eigenvalue weighted by atomic mass is 32.1. The molecule has 8 aromatic carbocycles. The highest BCUT2D eigenvalue weighted by Crippen LogP contribution is 2.49. The molecule has 0 atom stereocenters. The van der Waals surface area contributed by atoms with E-state index in [0.717, 1.165) is 22.7 Å². The molecular formula is C48H32N2S. The van der Waals surface area contributed by atoms with Crippen LogP contribution in [0.1, 0.15) is 0 Å². The monoisotopic (exact) mass is 668 g/mol. The van der Waals surface area contributed by atoms with Crippen LogP contribution in [-0.4, -0.2) is 4.57 Å². The Kier molecular flexibility index (Phi) is 7.04. The van der Waals surface area contributed by atoms with Crippen molar-refractivity contribution in [3.05, 3.63) is 194 Å². The summed E-state index contributed by atoms with van der Waals surface area (Å²) in [4.78, 5) is 2.42. The van der Waals surface area contributed by atoms with E-state index in [-0.39, 0.29) is 0 Å². The van der Waals surface area contributed by atoms with Crippen LogP contribution in [0.25, 0.3) is 69.9 Å². The van der Waals surface area contributed by atoms with Gasteiger partial charge in [-0.15, -0.1) is 11.3 Å². The van der Waals surface area contributed by atoms with E-state index >= 15 is 0 Å². The van der Waals surface area contributed by atoms with Crippen LogP contribution in [0.5, 0.6) is 0 Å². The third-order valence-electron chi connectivity index (χ3n) is 9.99. The first-order valence-electron chi connectivity index (χ1n) is 17.4. The molecule has 10 aromatic rings. The minimum Gasteiger partial charge on any atom is -0.310 e. The fraction of sp³-hybridized carbons (Fsp3) is 0. The van der Waals surface area contributed by atoms with E-state index in [9.17, 15) is 0 Å². The molecule has 2 nitrogen and oxygen atoms in total. The van der Waals surface area contributed by atoms with Crippen molar-refractivity contribution in [2.24, 2.45) is 0 Å². The Hall–Kier alpha value is -6.42. The summed E-state index contributed by atoms with van der Waals surface area (Å²) in [6.07, 6.45) is 0. The van der Waals surface area contributed by atoms with Gasteiger partial charge in [0, 0.05) is 59.1 Å². The predicted molar refractivity (Wildman–Crippen MR) is 219 cm³/mol. The van der Waals surface area contributed by atoms with Crippen LogP contribution >= 0.6 is 11.3 Å². The van der Waals surface area contributed by atoms with Crippen LogP contribution in [0.4, 0.5) is 17.1 Å². The number of hydrogen-bond acceptors (Lipinski definition) is 2. The summed E-state index contributed by atoms with van der Waals surface area (Å²) in [6, 6.07) is 70.3. The largest absolute Gasteiger partial charge is 0.310 e. The highest BCUT2D eigenvalue weighted by Gasteiger charge is 2.25. The molecule has 3 heteroatoms. The number of rotatable bonds is 6. The number of aromatic nitrogens is 1. The third-order valence-corrected chi connectivity index (χ3v) is 11.2. The van der Waals surface area contributed by atoms with E-state index in [1.54, 1.807) is 0 Å². The zero-order valence-corrected chi connectivity index (χ0v) is 28.6. The summed E-state index contributed by atoms with van der Waals surface area (Å²) < 4.78 is 5.09. The number of hydrogen-bond donors (Lipinski definition) is 0. The van der Waals surface area contributed by atoms with Gasteiger partial charge in [0.1, 0.15) is 0 Å². The molecule has 0 fully saturated rings. The minimum atomic E-state index is 1.11. The van der Waals surface area contributed by atoms with Crippen molar-refractivity contribution in [1.29, 1.82) is 0 Å². The SMILES string of the molecule is c1ccc(-c2ccc(N(c3ccccc3)c3ccc(-c4cccc5c4sc4ccccc45)c4c3c3ccccc3n4-c3ccccc3)cc2)cc1. The van der Waals surface area contributed by atoms with Gasteiger partial charge in [-0.1, -0.05) is 140 Å². The Morgan fingerprint density at radius 1 is 0.412 bits per heavy atom. The van der Waals surface area contributed by atoms with Crippen molar-refractivity contribution in [2.45, 2.75) is 0 Å². The molecule has 0 saturated carbocycles. The maximum Gasteiger partial charge on any atom is 0.0641 e. The standard InChI is InChI=1S/C48H32N2S/c1-4-15-33(16-5-1)34-27-29-37(30-28-34)49(35-17-6-2-7-18-35)44-32-31-39(41-24-14-23-40-38-21-11-13-26-45(38)51-48(40)41)47-46(44)42-22-10-12-25-43(42)50(47)36-19-8-3-9-20-36/h1-32H. The van der Waals surface area contributed by atoms with Crippen molar-refractivity contribution < 1.29 is 0 Å². The van der Waals surface area contributed by atoms with Crippen molar-refractivity contribution in [2.75, 3.05) is 4.90 Å². The molecule has 0 bridgehead atoms. The Labute approximate surface area is 300 Å². The Bertz CT molecular complexity index is 2830. The average molecular weight is 669 g/mol. The molecule has 0 unspecified atom stereocenters. The lowest BCUT2D eigenvalue weighted by Gasteiger charge is -2.27. The van der Waals surface area contributed by atoms with E-state index in [1.165, 1.54) is 64.2 Å². The van der Waals surface area contributed by atoms with Gasteiger partial charge in [0.25, 0.3) is 0 Å². The number of para-hydroxylation sites is 3. The van der Waals surface area contributed by atoms with Gasteiger partial charge in [0.2, 0.25) is 0 Å². The second-order valence-electron chi connectivity index (χ2n) is 12.9. The van der Waals surface area contributed by atoms with Gasteiger partial charge >= 0.3 is 0 Å². The van der Waals surface area contributed by atoms with Crippen molar-refractivity contribution >= 4 is 70.4 Å². The fourth-order valence-electron chi connectivity index (χ4n) is 7.72. The zero-order chi connectivity index (χ0) is 33.7. The maximum absolute atomic E-state index is 2.47. The minimum absolute atomic E-state index is 1.11. The molecule has 0 saturated heterocycles. The maximum atomic E-state index is 2.47. The van der Waals surface area contributed by atoms with Gasteiger partial charge in [-0.25, -0.2) is 0 Å². The van der Waals surface area contributed by atoms with Gasteiger partial charge in [0.05, 0.1) is 16.7 Å².